The minimum Gasteiger partial charge on any atom is -0.377 e. The molecule has 0 unspecified atom stereocenters. The Morgan fingerprint density at radius 2 is 2.33 bits per heavy atom. The van der Waals surface area contributed by atoms with E-state index in [9.17, 15) is 0 Å². The second kappa shape index (κ2) is 2.64. The SMILES string of the molecule is CO[C@@H]1CON(C)[C@H]1C. The van der Waals surface area contributed by atoms with E-state index in [1.807, 2.05) is 12.1 Å². The fraction of sp³-hybridized carbons (Fsp3) is 1.00. The van der Waals surface area contributed by atoms with Crippen LogP contribution in [0, 0.1) is 0 Å². The Balaban J connectivity index is 2.41. The van der Waals surface area contributed by atoms with Gasteiger partial charge in [0.1, 0.15) is 0 Å². The number of likely N-dealkylation sites (N-methyl/N-ethyl adjacent to an activating group) is 1. The van der Waals surface area contributed by atoms with Crippen molar-refractivity contribution >= 4 is 0 Å². The highest BCUT2D eigenvalue weighted by Crippen LogP contribution is 2.13. The van der Waals surface area contributed by atoms with Crippen LogP contribution in [0.5, 0.6) is 0 Å². The van der Waals surface area contributed by atoms with E-state index in [1.54, 1.807) is 7.11 Å². The van der Waals surface area contributed by atoms with E-state index in [0.717, 1.165) is 0 Å². The third-order valence-electron chi connectivity index (χ3n) is 1.86. The van der Waals surface area contributed by atoms with E-state index < -0.39 is 0 Å². The summed E-state index contributed by atoms with van der Waals surface area (Å²) in [5.74, 6) is 0. The Hall–Kier alpha value is -0.120. The van der Waals surface area contributed by atoms with E-state index in [4.69, 9.17) is 9.57 Å². The van der Waals surface area contributed by atoms with Crippen molar-refractivity contribution in [2.24, 2.45) is 0 Å². The lowest BCUT2D eigenvalue weighted by Gasteiger charge is -2.15. The molecule has 54 valence electrons. The van der Waals surface area contributed by atoms with Gasteiger partial charge in [0.05, 0.1) is 18.8 Å². The first kappa shape index (κ1) is 6.99. The molecule has 1 rings (SSSR count). The van der Waals surface area contributed by atoms with Crippen LogP contribution in [0.15, 0.2) is 0 Å². The molecule has 1 aliphatic heterocycles. The van der Waals surface area contributed by atoms with Gasteiger partial charge < -0.3 is 4.74 Å². The highest BCUT2D eigenvalue weighted by Gasteiger charge is 2.28. The molecule has 0 aromatic carbocycles. The molecular formula is C6H13NO2. The molecule has 9 heavy (non-hydrogen) atoms. The molecule has 0 saturated carbocycles. The standard InChI is InChI=1S/C6H13NO2/c1-5-6(8-3)4-9-7(5)2/h5-6H,4H2,1-3H3/t5-,6+/m0/s1. The molecule has 0 aromatic heterocycles. The van der Waals surface area contributed by atoms with Crippen molar-refractivity contribution in [3.63, 3.8) is 0 Å². The maximum atomic E-state index is 5.18. The van der Waals surface area contributed by atoms with Crippen LogP contribution in [0.2, 0.25) is 0 Å². The van der Waals surface area contributed by atoms with Crippen LogP contribution in [0.1, 0.15) is 6.92 Å². The Bertz CT molecular complexity index is 97.1. The summed E-state index contributed by atoms with van der Waals surface area (Å²) in [6.07, 6.45) is 0.245. The number of rotatable bonds is 1. The molecule has 2 atom stereocenters. The first-order chi connectivity index (χ1) is 4.25. The van der Waals surface area contributed by atoms with Gasteiger partial charge in [0.2, 0.25) is 0 Å². The number of hydroxylamine groups is 2. The van der Waals surface area contributed by atoms with Crippen LogP contribution in [-0.2, 0) is 9.57 Å². The Morgan fingerprint density at radius 1 is 1.67 bits per heavy atom. The molecule has 0 N–H and O–H groups in total. The maximum Gasteiger partial charge on any atom is 0.0999 e. The number of methoxy groups -OCH3 is 1. The first-order valence-electron chi connectivity index (χ1n) is 3.14. The zero-order valence-corrected chi connectivity index (χ0v) is 6.13. The quantitative estimate of drug-likeness (QED) is 0.509. The summed E-state index contributed by atoms with van der Waals surface area (Å²) in [7, 11) is 3.63. The van der Waals surface area contributed by atoms with Crippen molar-refractivity contribution < 1.29 is 9.57 Å². The Labute approximate surface area is 55.5 Å². The molecule has 0 bridgehead atoms. The average Bonchev–Trinajstić information content (AvgIpc) is 2.15. The second-order valence-corrected chi connectivity index (χ2v) is 2.36. The average molecular weight is 131 g/mol. The summed E-state index contributed by atoms with van der Waals surface area (Å²) in [6, 6.07) is 0.384. The molecule has 1 heterocycles. The summed E-state index contributed by atoms with van der Waals surface area (Å²) in [6.45, 7) is 2.77. The fourth-order valence-electron chi connectivity index (χ4n) is 0.947. The number of hydrogen-bond donors (Lipinski definition) is 0. The van der Waals surface area contributed by atoms with Gasteiger partial charge in [-0.15, -0.1) is 0 Å². The Morgan fingerprint density at radius 3 is 2.56 bits per heavy atom. The number of nitrogens with zero attached hydrogens (tertiary/aromatic N) is 1. The van der Waals surface area contributed by atoms with Crippen LogP contribution in [0.3, 0.4) is 0 Å². The largest absolute Gasteiger partial charge is 0.377 e. The monoisotopic (exact) mass is 131 g/mol. The lowest BCUT2D eigenvalue weighted by molar-refractivity contribution is -0.106. The van der Waals surface area contributed by atoms with Crippen molar-refractivity contribution in [3.8, 4) is 0 Å². The van der Waals surface area contributed by atoms with Gasteiger partial charge in [-0.1, -0.05) is 0 Å². The van der Waals surface area contributed by atoms with Gasteiger partial charge in [-0.25, -0.2) is 0 Å². The van der Waals surface area contributed by atoms with E-state index in [2.05, 4.69) is 6.92 Å². The van der Waals surface area contributed by atoms with Crippen LogP contribution in [0.25, 0.3) is 0 Å². The van der Waals surface area contributed by atoms with Crippen molar-refractivity contribution in [3.05, 3.63) is 0 Å². The lowest BCUT2D eigenvalue weighted by Crippen LogP contribution is -2.29. The molecule has 0 spiro atoms. The van der Waals surface area contributed by atoms with Gasteiger partial charge >= 0.3 is 0 Å². The minimum absolute atomic E-state index is 0.245. The summed E-state index contributed by atoms with van der Waals surface area (Å²) < 4.78 is 5.13. The van der Waals surface area contributed by atoms with Crippen LogP contribution >= 0.6 is 0 Å². The van der Waals surface area contributed by atoms with Crippen LogP contribution in [-0.4, -0.2) is 38.0 Å². The summed E-state index contributed by atoms with van der Waals surface area (Å²) >= 11 is 0. The highest BCUT2D eigenvalue weighted by atomic mass is 16.7. The molecule has 1 fully saturated rings. The molecule has 0 amide bonds. The summed E-state index contributed by atoms with van der Waals surface area (Å²) in [5.41, 5.74) is 0. The van der Waals surface area contributed by atoms with Gasteiger partial charge in [-0.05, 0) is 6.92 Å². The van der Waals surface area contributed by atoms with Crippen LogP contribution in [0.4, 0.5) is 0 Å². The van der Waals surface area contributed by atoms with Crippen molar-refractivity contribution in [1.82, 2.24) is 5.06 Å². The molecular weight excluding hydrogens is 118 g/mol. The van der Waals surface area contributed by atoms with Crippen molar-refractivity contribution in [2.75, 3.05) is 20.8 Å². The topological polar surface area (TPSA) is 21.7 Å². The molecule has 3 heteroatoms. The molecule has 1 aliphatic rings. The number of hydrogen-bond acceptors (Lipinski definition) is 3. The molecule has 0 radical (unpaired) electrons. The summed E-state index contributed by atoms with van der Waals surface area (Å²) in [5, 5.41) is 1.83. The van der Waals surface area contributed by atoms with Gasteiger partial charge in [0.15, 0.2) is 0 Å². The van der Waals surface area contributed by atoms with Crippen molar-refractivity contribution in [1.29, 1.82) is 0 Å². The van der Waals surface area contributed by atoms with Gasteiger partial charge in [-0.3, -0.25) is 4.84 Å². The fourth-order valence-corrected chi connectivity index (χ4v) is 0.947. The molecule has 0 aliphatic carbocycles. The van der Waals surface area contributed by atoms with E-state index >= 15 is 0 Å². The third kappa shape index (κ3) is 1.23. The van der Waals surface area contributed by atoms with Crippen LogP contribution < -0.4 is 0 Å². The summed E-state index contributed by atoms with van der Waals surface area (Å²) in [4.78, 5) is 5.18. The lowest BCUT2D eigenvalue weighted by atomic mass is 10.2. The third-order valence-corrected chi connectivity index (χ3v) is 1.86. The molecule has 1 saturated heterocycles. The van der Waals surface area contributed by atoms with Gasteiger partial charge in [-0.2, -0.15) is 5.06 Å². The van der Waals surface area contributed by atoms with Gasteiger partial charge in [0.25, 0.3) is 0 Å². The van der Waals surface area contributed by atoms with Gasteiger partial charge in [0, 0.05) is 14.2 Å². The zero-order valence-electron chi connectivity index (χ0n) is 6.13. The Kier molecular flexibility index (Phi) is 2.05. The molecule has 0 aromatic rings. The van der Waals surface area contributed by atoms with E-state index in [-0.39, 0.29) is 6.10 Å². The van der Waals surface area contributed by atoms with E-state index in [1.165, 1.54) is 0 Å². The number of ether oxygens (including phenoxy) is 1. The predicted molar refractivity (Wildman–Crippen MR) is 34.0 cm³/mol. The van der Waals surface area contributed by atoms with Crippen molar-refractivity contribution in [2.45, 2.75) is 19.1 Å². The smallest absolute Gasteiger partial charge is 0.0999 e. The first-order valence-corrected chi connectivity index (χ1v) is 3.14. The predicted octanol–water partition coefficient (Wildman–Crippen LogP) is 0.267. The highest BCUT2D eigenvalue weighted by molar-refractivity contribution is 4.74. The maximum absolute atomic E-state index is 5.18. The van der Waals surface area contributed by atoms with E-state index in [0.29, 0.717) is 12.6 Å². The normalized spacial score (nSPS) is 37.7. The molecule has 3 nitrogen and oxygen atoms in total. The zero-order chi connectivity index (χ0) is 6.85. The second-order valence-electron chi connectivity index (χ2n) is 2.36. The minimum atomic E-state index is 0.245.